The topological polar surface area (TPSA) is 128 Å². The zero-order valence-corrected chi connectivity index (χ0v) is 23.7. The number of carbonyl (C=O) groups is 1. The van der Waals surface area contributed by atoms with E-state index in [0.29, 0.717) is 12.3 Å². The monoisotopic (exact) mass is 581 g/mol. The highest BCUT2D eigenvalue weighted by Gasteiger charge is 2.24. The minimum atomic E-state index is -4.35. The molecular weight excluding hydrogens is 550 g/mol. The maximum atomic E-state index is 12.9. The molecule has 210 valence electrons. The first-order chi connectivity index (χ1) is 19.3. The molecule has 0 bridgehead atoms. The van der Waals surface area contributed by atoms with Gasteiger partial charge < -0.3 is 10.1 Å². The van der Waals surface area contributed by atoms with E-state index in [2.05, 4.69) is 11.4 Å². The minimum Gasteiger partial charge on any atom is -0.379 e. The molecule has 11 heteroatoms. The van der Waals surface area contributed by atoms with Gasteiger partial charge in [0.2, 0.25) is 0 Å². The van der Waals surface area contributed by atoms with E-state index in [1.54, 1.807) is 43.1 Å². The zero-order chi connectivity index (χ0) is 28.5. The van der Waals surface area contributed by atoms with Crippen LogP contribution < -0.4 is 10.0 Å². The third kappa shape index (κ3) is 7.71. The third-order valence-electron chi connectivity index (χ3n) is 6.53. The molecule has 1 aliphatic rings. The van der Waals surface area contributed by atoms with Gasteiger partial charge in [-0.05, 0) is 66.8 Å². The number of hydrogen-bond donors (Lipinski definition) is 2. The van der Waals surface area contributed by atoms with Gasteiger partial charge in [-0.2, -0.15) is 0 Å². The SMILES string of the molecule is COC1C=C(c2ccc(C(=O)NS(=O)(=O)c3ccc(NCCSc4ccccc4)c([N+](=O)[O-])c3)cc2)CCCC1. The van der Waals surface area contributed by atoms with Crippen LogP contribution in [0.3, 0.4) is 0 Å². The van der Waals surface area contributed by atoms with E-state index in [-0.39, 0.29) is 22.3 Å². The quantitative estimate of drug-likeness (QED) is 0.124. The summed E-state index contributed by atoms with van der Waals surface area (Å²) >= 11 is 1.59. The maximum absolute atomic E-state index is 12.9. The predicted octanol–water partition coefficient (Wildman–Crippen LogP) is 5.89. The molecule has 1 amide bonds. The van der Waals surface area contributed by atoms with Crippen molar-refractivity contribution in [1.29, 1.82) is 0 Å². The average Bonchev–Trinajstić information content (AvgIpc) is 3.21. The molecule has 0 fully saturated rings. The molecule has 4 rings (SSSR count). The highest BCUT2D eigenvalue weighted by atomic mass is 32.2. The summed E-state index contributed by atoms with van der Waals surface area (Å²) in [7, 11) is -2.67. The Labute approximate surface area is 238 Å². The minimum absolute atomic E-state index is 0.0458. The summed E-state index contributed by atoms with van der Waals surface area (Å²) in [5.74, 6) is -0.167. The summed E-state index contributed by atoms with van der Waals surface area (Å²) < 4.78 is 33.4. The Morgan fingerprint density at radius 1 is 1.07 bits per heavy atom. The Balaban J connectivity index is 1.42. The number of ether oxygens (including phenoxy) is 1. The molecule has 0 saturated heterocycles. The Morgan fingerprint density at radius 2 is 1.82 bits per heavy atom. The molecule has 0 aliphatic heterocycles. The summed E-state index contributed by atoms with van der Waals surface area (Å²) in [6.45, 7) is 0.433. The molecule has 0 spiro atoms. The molecule has 2 N–H and O–H groups in total. The van der Waals surface area contributed by atoms with E-state index in [0.717, 1.165) is 47.8 Å². The second-order valence-electron chi connectivity index (χ2n) is 9.25. The standard InChI is InChI=1S/C29H31N3O6S2/c1-38-24-8-6-5-7-23(19-24)21-11-13-22(14-12-21)29(33)31-40(36,37)26-15-16-27(28(20-26)32(34)35)30-17-18-39-25-9-3-2-4-10-25/h2-4,9-16,19-20,24,30H,5-8,17-18H2,1H3,(H,31,33). The molecule has 0 saturated carbocycles. The van der Waals surface area contributed by atoms with Crippen LogP contribution in [0, 0.1) is 10.1 Å². The number of sulfonamides is 1. The predicted molar refractivity (Wildman–Crippen MR) is 157 cm³/mol. The first-order valence-corrected chi connectivity index (χ1v) is 15.3. The Morgan fingerprint density at radius 3 is 2.52 bits per heavy atom. The lowest BCUT2D eigenvalue weighted by Crippen LogP contribution is -2.30. The lowest BCUT2D eigenvalue weighted by molar-refractivity contribution is -0.384. The number of nitrogens with one attached hydrogen (secondary N) is 2. The van der Waals surface area contributed by atoms with Crippen molar-refractivity contribution in [3.63, 3.8) is 0 Å². The van der Waals surface area contributed by atoms with Gasteiger partial charge in [0.05, 0.1) is 15.9 Å². The molecule has 0 radical (unpaired) electrons. The average molecular weight is 582 g/mol. The second-order valence-corrected chi connectivity index (χ2v) is 12.1. The summed E-state index contributed by atoms with van der Waals surface area (Å²) in [5, 5.41) is 14.7. The largest absolute Gasteiger partial charge is 0.379 e. The number of carbonyl (C=O) groups excluding carboxylic acids is 1. The van der Waals surface area contributed by atoms with Gasteiger partial charge in [0.1, 0.15) is 5.69 Å². The van der Waals surface area contributed by atoms with Gasteiger partial charge in [0.25, 0.3) is 21.6 Å². The van der Waals surface area contributed by atoms with Gasteiger partial charge in [-0.25, -0.2) is 13.1 Å². The summed E-state index contributed by atoms with van der Waals surface area (Å²) in [4.78, 5) is 24.5. The zero-order valence-electron chi connectivity index (χ0n) is 22.0. The number of nitro benzene ring substituents is 1. The fourth-order valence-corrected chi connectivity index (χ4v) is 6.19. The van der Waals surface area contributed by atoms with Gasteiger partial charge in [-0.1, -0.05) is 42.8 Å². The van der Waals surface area contributed by atoms with Crippen LogP contribution >= 0.6 is 11.8 Å². The first kappa shape index (κ1) is 29.3. The normalized spacial score (nSPS) is 15.5. The number of nitrogens with zero attached hydrogens (tertiary/aromatic N) is 1. The van der Waals surface area contributed by atoms with E-state index in [4.69, 9.17) is 4.74 Å². The molecule has 0 heterocycles. The number of hydrogen-bond acceptors (Lipinski definition) is 8. The Bertz CT molecular complexity index is 1480. The van der Waals surface area contributed by atoms with Crippen LogP contribution in [0.1, 0.15) is 41.6 Å². The van der Waals surface area contributed by atoms with Crippen molar-refractivity contribution in [2.45, 2.75) is 41.6 Å². The van der Waals surface area contributed by atoms with Crippen molar-refractivity contribution < 1.29 is 22.9 Å². The molecule has 9 nitrogen and oxygen atoms in total. The van der Waals surface area contributed by atoms with Gasteiger partial charge in [0.15, 0.2) is 0 Å². The number of allylic oxidation sites excluding steroid dienone is 1. The van der Waals surface area contributed by atoms with Gasteiger partial charge in [-0.3, -0.25) is 14.9 Å². The lowest BCUT2D eigenvalue weighted by atomic mass is 10.00. The van der Waals surface area contributed by atoms with Gasteiger partial charge in [-0.15, -0.1) is 11.8 Å². The Kier molecular flexibility index (Phi) is 9.97. The number of anilines is 1. The Hall–Kier alpha value is -3.67. The van der Waals surface area contributed by atoms with Crippen molar-refractivity contribution in [2.75, 3.05) is 24.7 Å². The van der Waals surface area contributed by atoms with E-state index in [9.17, 15) is 23.3 Å². The first-order valence-electron chi connectivity index (χ1n) is 12.9. The summed E-state index contributed by atoms with van der Waals surface area (Å²) in [5.41, 5.74) is 2.04. The maximum Gasteiger partial charge on any atom is 0.293 e. The number of methoxy groups -OCH3 is 1. The number of benzene rings is 3. The molecule has 1 aliphatic carbocycles. The van der Waals surface area contributed by atoms with Crippen LogP contribution in [0.5, 0.6) is 0 Å². The van der Waals surface area contributed by atoms with E-state index >= 15 is 0 Å². The van der Waals surface area contributed by atoms with Crippen LogP contribution in [0.4, 0.5) is 11.4 Å². The molecular formula is C29H31N3O6S2. The fraction of sp³-hybridized carbons (Fsp3) is 0.276. The van der Waals surface area contributed by atoms with Crippen molar-refractivity contribution >= 4 is 44.6 Å². The summed E-state index contributed by atoms with van der Waals surface area (Å²) in [6.07, 6.45) is 6.11. The van der Waals surface area contributed by atoms with E-state index < -0.39 is 26.5 Å². The second kappa shape index (κ2) is 13.6. The van der Waals surface area contributed by atoms with Crippen molar-refractivity contribution in [3.05, 3.63) is 100 Å². The molecule has 3 aromatic carbocycles. The number of rotatable bonds is 11. The number of nitro groups is 1. The van der Waals surface area contributed by atoms with Crippen LogP contribution in [0.15, 0.2) is 88.7 Å². The fourth-order valence-electron chi connectivity index (χ4n) is 4.40. The smallest absolute Gasteiger partial charge is 0.293 e. The van der Waals surface area contributed by atoms with Gasteiger partial charge in [0, 0.05) is 35.9 Å². The lowest BCUT2D eigenvalue weighted by Gasteiger charge is -2.12. The van der Waals surface area contributed by atoms with E-state index in [1.807, 2.05) is 35.1 Å². The third-order valence-corrected chi connectivity index (χ3v) is 8.87. The van der Waals surface area contributed by atoms with Crippen LogP contribution in [-0.2, 0) is 14.8 Å². The molecule has 0 aromatic heterocycles. The molecule has 1 unspecified atom stereocenters. The van der Waals surface area contributed by atoms with Crippen LogP contribution in [0.2, 0.25) is 0 Å². The van der Waals surface area contributed by atoms with Crippen LogP contribution in [0.25, 0.3) is 5.57 Å². The van der Waals surface area contributed by atoms with Crippen molar-refractivity contribution in [3.8, 4) is 0 Å². The van der Waals surface area contributed by atoms with Crippen molar-refractivity contribution in [2.24, 2.45) is 0 Å². The highest BCUT2D eigenvalue weighted by Crippen LogP contribution is 2.29. The molecule has 40 heavy (non-hydrogen) atoms. The highest BCUT2D eigenvalue weighted by molar-refractivity contribution is 7.99. The molecule has 1 atom stereocenters. The number of amides is 1. The number of thioether (sulfide) groups is 1. The molecule has 3 aromatic rings. The summed E-state index contributed by atoms with van der Waals surface area (Å²) in [6, 6.07) is 20.0. The van der Waals surface area contributed by atoms with E-state index in [1.165, 1.54) is 12.1 Å². The van der Waals surface area contributed by atoms with Crippen LogP contribution in [-0.4, -0.2) is 44.8 Å². The van der Waals surface area contributed by atoms with Gasteiger partial charge >= 0.3 is 0 Å². The van der Waals surface area contributed by atoms with Crippen molar-refractivity contribution in [1.82, 2.24) is 4.72 Å².